The second kappa shape index (κ2) is 4.60. The number of rotatable bonds is 2. The Morgan fingerprint density at radius 3 is 0.917 bits per heavy atom. The molecule has 8 fully saturated rings. The van der Waals surface area contributed by atoms with Gasteiger partial charge in [-0.05, 0) is 139 Å². The molecule has 0 saturated heterocycles. The summed E-state index contributed by atoms with van der Waals surface area (Å²) < 4.78 is 0. The summed E-state index contributed by atoms with van der Waals surface area (Å²) in [5.74, 6) is 6.72. The molecule has 1 aliphatic heterocycles. The topological polar surface area (TPSA) is 0 Å². The third-order valence-electron chi connectivity index (χ3n) is 9.56. The van der Waals surface area contributed by atoms with Gasteiger partial charge in [0, 0.05) is 10.8 Å². The van der Waals surface area contributed by atoms with Crippen LogP contribution in [-0.2, 0) is 0 Å². The van der Waals surface area contributed by atoms with Crippen LogP contribution in [-0.4, -0.2) is 0 Å². The Labute approximate surface area is 150 Å². The molecule has 0 aromatic heterocycles. The van der Waals surface area contributed by atoms with Gasteiger partial charge in [0.25, 0.3) is 0 Å². The molecule has 0 amide bonds. The van der Waals surface area contributed by atoms with Gasteiger partial charge in [0.1, 0.15) is 0 Å². The first kappa shape index (κ1) is 14.4. The van der Waals surface area contributed by atoms with Crippen LogP contribution in [0.25, 0.3) is 0 Å². The summed E-state index contributed by atoms with van der Waals surface area (Å²) in [5.41, 5.74) is 1.44. The van der Waals surface area contributed by atoms with Crippen LogP contribution in [0.4, 0.5) is 0 Å². The Kier molecular flexibility index (Phi) is 2.76. The molecule has 24 heavy (non-hydrogen) atoms. The molecule has 0 N–H and O–H groups in total. The van der Waals surface area contributed by atoms with Gasteiger partial charge in [-0.3, -0.25) is 0 Å². The molecule has 9 rings (SSSR count). The third-order valence-corrected chi connectivity index (χ3v) is 13.1. The SMILES string of the molecule is C1C2CC3CC1CC(C1=C(C45CC6CC(CC(C6)C4)C5)P=P1)(C2)C3. The van der Waals surface area contributed by atoms with Gasteiger partial charge in [0.05, 0.1) is 0 Å². The molecule has 0 aromatic carbocycles. The Bertz CT molecular complexity index is 543. The monoisotopic (exact) mass is 356 g/mol. The Hall–Kier alpha value is 0.340. The van der Waals surface area contributed by atoms with Gasteiger partial charge in [0.15, 0.2) is 0 Å². The highest BCUT2D eigenvalue weighted by molar-refractivity contribution is 7.91. The van der Waals surface area contributed by atoms with Crippen LogP contribution in [0, 0.1) is 46.3 Å². The zero-order valence-electron chi connectivity index (χ0n) is 14.8. The molecule has 128 valence electrons. The number of hydrogen-bond donors (Lipinski definition) is 0. The Morgan fingerprint density at radius 2 is 0.708 bits per heavy atom. The van der Waals surface area contributed by atoms with Crippen molar-refractivity contribution in [3.63, 3.8) is 0 Å². The molecule has 2 heteroatoms. The van der Waals surface area contributed by atoms with Gasteiger partial charge in [-0.15, -0.1) is 0 Å². The van der Waals surface area contributed by atoms with Crippen LogP contribution >= 0.6 is 15.7 Å². The van der Waals surface area contributed by atoms with Crippen molar-refractivity contribution in [1.82, 2.24) is 0 Å². The minimum absolute atomic E-state index is 0.722. The van der Waals surface area contributed by atoms with Crippen molar-refractivity contribution >= 4 is 15.7 Å². The zero-order chi connectivity index (χ0) is 15.5. The van der Waals surface area contributed by atoms with Crippen molar-refractivity contribution in [3.8, 4) is 0 Å². The maximum atomic E-state index is 2.06. The van der Waals surface area contributed by atoms with E-state index >= 15 is 0 Å². The first-order valence-corrected chi connectivity index (χ1v) is 13.4. The molecule has 8 bridgehead atoms. The largest absolute Gasteiger partial charge is 0.0475 e. The third kappa shape index (κ3) is 1.79. The highest BCUT2D eigenvalue weighted by Crippen LogP contribution is 2.74. The lowest BCUT2D eigenvalue weighted by molar-refractivity contribution is -0.0374. The molecule has 0 spiro atoms. The predicted octanol–water partition coefficient (Wildman–Crippen LogP) is 7.45. The van der Waals surface area contributed by atoms with Crippen LogP contribution in [0.5, 0.6) is 0 Å². The van der Waals surface area contributed by atoms with Crippen molar-refractivity contribution in [2.45, 2.75) is 77.0 Å². The average molecular weight is 356 g/mol. The fourth-order valence-electron chi connectivity index (χ4n) is 9.67. The summed E-state index contributed by atoms with van der Waals surface area (Å²) in [5, 5.41) is 4.12. The first-order chi connectivity index (χ1) is 11.7. The standard InChI is InChI=1S/C22H30P2/c1-13-2-15-3-14(1)8-21(7-13,9-15)19-20(24-23-19)22-10-16-4-17(11-22)6-18(5-16)12-22/h13-18H,1-12H2. The van der Waals surface area contributed by atoms with E-state index < -0.39 is 0 Å². The smallest absolute Gasteiger partial charge is 0.00143 e. The van der Waals surface area contributed by atoms with E-state index in [1.165, 1.54) is 0 Å². The van der Waals surface area contributed by atoms with Crippen LogP contribution in [0.2, 0.25) is 0 Å². The lowest BCUT2D eigenvalue weighted by Crippen LogP contribution is -2.49. The fraction of sp³-hybridized carbons (Fsp3) is 0.909. The van der Waals surface area contributed by atoms with Gasteiger partial charge >= 0.3 is 0 Å². The van der Waals surface area contributed by atoms with E-state index in [2.05, 4.69) is 10.6 Å². The van der Waals surface area contributed by atoms with E-state index in [-0.39, 0.29) is 0 Å². The maximum absolute atomic E-state index is 2.06. The molecule has 9 aliphatic rings. The Balaban J connectivity index is 1.30. The van der Waals surface area contributed by atoms with Crippen LogP contribution < -0.4 is 0 Å². The van der Waals surface area contributed by atoms with E-state index in [4.69, 9.17) is 0 Å². The zero-order valence-corrected chi connectivity index (χ0v) is 16.6. The van der Waals surface area contributed by atoms with Gasteiger partial charge in [-0.1, -0.05) is 0 Å². The van der Waals surface area contributed by atoms with Crippen LogP contribution in [0.3, 0.4) is 0 Å². The molecule has 0 nitrogen and oxygen atoms in total. The highest BCUT2D eigenvalue weighted by atomic mass is 31.7. The molecule has 8 aliphatic carbocycles. The van der Waals surface area contributed by atoms with Gasteiger partial charge in [0.2, 0.25) is 0 Å². The van der Waals surface area contributed by atoms with Crippen molar-refractivity contribution < 1.29 is 0 Å². The molecular weight excluding hydrogens is 326 g/mol. The van der Waals surface area contributed by atoms with Gasteiger partial charge < -0.3 is 0 Å². The van der Waals surface area contributed by atoms with Crippen LogP contribution in [0.15, 0.2) is 10.6 Å². The summed E-state index contributed by atoms with van der Waals surface area (Å²) in [6, 6.07) is 0. The van der Waals surface area contributed by atoms with Crippen LogP contribution in [0.1, 0.15) is 77.0 Å². The normalized spacial score (nSPS) is 60.7. The van der Waals surface area contributed by atoms with Crippen molar-refractivity contribution in [1.29, 1.82) is 0 Å². The van der Waals surface area contributed by atoms with Gasteiger partial charge in [-0.25, -0.2) is 0 Å². The number of hydrogen-bond acceptors (Lipinski definition) is 0. The van der Waals surface area contributed by atoms with E-state index in [0.717, 1.165) is 46.3 Å². The van der Waals surface area contributed by atoms with E-state index in [9.17, 15) is 0 Å². The second-order valence-electron chi connectivity index (χ2n) is 11.3. The van der Waals surface area contributed by atoms with Crippen molar-refractivity contribution in [3.05, 3.63) is 10.6 Å². The summed E-state index contributed by atoms with van der Waals surface area (Å²) >= 11 is 0. The van der Waals surface area contributed by atoms with E-state index in [0.29, 0.717) is 0 Å². The van der Waals surface area contributed by atoms with Crippen molar-refractivity contribution in [2.75, 3.05) is 0 Å². The lowest BCUT2D eigenvalue weighted by atomic mass is 9.47. The quantitative estimate of drug-likeness (QED) is 0.451. The Morgan fingerprint density at radius 1 is 0.458 bits per heavy atom. The summed E-state index contributed by atoms with van der Waals surface area (Å²) in [7, 11) is 3.52. The van der Waals surface area contributed by atoms with E-state index in [1.54, 1.807) is 92.8 Å². The predicted molar refractivity (Wildman–Crippen MR) is 102 cm³/mol. The minimum Gasteiger partial charge on any atom is -0.0475 e. The second-order valence-corrected chi connectivity index (χ2v) is 13.8. The minimum atomic E-state index is 0.722. The molecule has 0 atom stereocenters. The fourth-order valence-corrected chi connectivity index (χ4v) is 13.6. The first-order valence-electron chi connectivity index (χ1n) is 10.9. The summed E-state index contributed by atoms with van der Waals surface area (Å²) in [6.45, 7) is 0. The lowest BCUT2D eigenvalue weighted by Gasteiger charge is -2.61. The molecule has 8 saturated carbocycles. The van der Waals surface area contributed by atoms with E-state index in [1.807, 2.05) is 0 Å². The molecule has 1 heterocycles. The highest BCUT2D eigenvalue weighted by Gasteiger charge is 2.58. The van der Waals surface area contributed by atoms with Crippen molar-refractivity contribution in [2.24, 2.45) is 46.3 Å². The maximum Gasteiger partial charge on any atom is 0.00143 e. The molecule has 0 unspecified atom stereocenters. The molecular formula is C22H30P2. The average Bonchev–Trinajstić information content (AvgIpc) is 2.41. The summed E-state index contributed by atoms with van der Waals surface area (Å²) in [4.78, 5) is 0. The molecule has 0 aromatic rings. The summed E-state index contributed by atoms with van der Waals surface area (Å²) in [6.07, 6.45) is 19.3. The number of allylic oxidation sites excluding steroid dienone is 2. The van der Waals surface area contributed by atoms with Gasteiger partial charge in [-0.2, -0.15) is 0 Å². The molecule has 0 radical (unpaired) electrons.